The molecule has 3 rings (SSSR count). The molecular formula is C16H21N5O. The van der Waals surface area contributed by atoms with Crippen LogP contribution in [0.15, 0.2) is 36.7 Å². The van der Waals surface area contributed by atoms with Crippen LogP contribution in [0, 0.1) is 0 Å². The smallest absolute Gasteiger partial charge is 0.227 e. The van der Waals surface area contributed by atoms with Crippen molar-refractivity contribution in [3.8, 4) is 0 Å². The van der Waals surface area contributed by atoms with Gasteiger partial charge in [0.2, 0.25) is 5.91 Å². The van der Waals surface area contributed by atoms with Gasteiger partial charge in [-0.05, 0) is 17.7 Å². The Hall–Kier alpha value is -2.50. The second kappa shape index (κ2) is 6.09. The van der Waals surface area contributed by atoms with Gasteiger partial charge in [-0.3, -0.25) is 9.48 Å². The van der Waals surface area contributed by atoms with Crippen molar-refractivity contribution in [3.05, 3.63) is 42.2 Å². The molecule has 0 aliphatic carbocycles. The minimum absolute atomic E-state index is 0.176. The topological polar surface area (TPSA) is 67.4 Å². The van der Waals surface area contributed by atoms with Gasteiger partial charge in [0.25, 0.3) is 0 Å². The monoisotopic (exact) mass is 299 g/mol. The summed E-state index contributed by atoms with van der Waals surface area (Å²) in [6.45, 7) is 3.20. The van der Waals surface area contributed by atoms with Gasteiger partial charge in [0.05, 0.1) is 18.3 Å². The SMILES string of the molecule is Cn1cc(N2CCN(C(=O)Cc3ccc(N)cc3)CC2)cn1. The lowest BCUT2D eigenvalue weighted by Gasteiger charge is -2.35. The lowest BCUT2D eigenvalue weighted by molar-refractivity contribution is -0.130. The minimum atomic E-state index is 0.176. The van der Waals surface area contributed by atoms with Crippen molar-refractivity contribution in [1.82, 2.24) is 14.7 Å². The van der Waals surface area contributed by atoms with Gasteiger partial charge in [-0.15, -0.1) is 0 Å². The summed E-state index contributed by atoms with van der Waals surface area (Å²) < 4.78 is 1.80. The van der Waals surface area contributed by atoms with E-state index >= 15 is 0 Å². The van der Waals surface area contributed by atoms with Gasteiger partial charge in [0, 0.05) is 45.1 Å². The van der Waals surface area contributed by atoms with Crippen LogP contribution in [0.3, 0.4) is 0 Å². The number of anilines is 2. The van der Waals surface area contributed by atoms with Crippen molar-refractivity contribution >= 4 is 17.3 Å². The molecule has 1 aromatic heterocycles. The molecule has 1 fully saturated rings. The fraction of sp³-hybridized carbons (Fsp3) is 0.375. The summed E-state index contributed by atoms with van der Waals surface area (Å²) in [5.41, 5.74) is 8.52. The fourth-order valence-corrected chi connectivity index (χ4v) is 2.71. The summed E-state index contributed by atoms with van der Waals surface area (Å²) in [4.78, 5) is 16.6. The van der Waals surface area contributed by atoms with Gasteiger partial charge < -0.3 is 15.5 Å². The summed E-state index contributed by atoms with van der Waals surface area (Å²) in [5.74, 6) is 0.176. The Morgan fingerprint density at radius 1 is 1.18 bits per heavy atom. The maximum absolute atomic E-state index is 12.4. The van der Waals surface area contributed by atoms with Crippen molar-refractivity contribution in [3.63, 3.8) is 0 Å². The number of piperazine rings is 1. The van der Waals surface area contributed by atoms with Crippen LogP contribution in [0.1, 0.15) is 5.56 Å². The highest BCUT2D eigenvalue weighted by Gasteiger charge is 2.21. The average molecular weight is 299 g/mol. The van der Waals surface area contributed by atoms with Gasteiger partial charge >= 0.3 is 0 Å². The number of aryl methyl sites for hydroxylation is 1. The number of nitrogen functional groups attached to an aromatic ring is 1. The molecule has 2 heterocycles. The number of benzene rings is 1. The number of hydrogen-bond acceptors (Lipinski definition) is 4. The van der Waals surface area contributed by atoms with Crippen molar-refractivity contribution in [2.24, 2.45) is 7.05 Å². The highest BCUT2D eigenvalue weighted by atomic mass is 16.2. The lowest BCUT2D eigenvalue weighted by atomic mass is 10.1. The lowest BCUT2D eigenvalue weighted by Crippen LogP contribution is -2.49. The molecule has 0 bridgehead atoms. The number of nitrogens with two attached hydrogens (primary N) is 1. The molecule has 6 heteroatoms. The third-order valence-corrected chi connectivity index (χ3v) is 4.02. The molecule has 0 radical (unpaired) electrons. The zero-order valence-corrected chi connectivity index (χ0v) is 12.8. The van der Waals surface area contributed by atoms with Crippen molar-refractivity contribution < 1.29 is 4.79 Å². The summed E-state index contributed by atoms with van der Waals surface area (Å²) in [5, 5.41) is 4.19. The van der Waals surface area contributed by atoms with Crippen molar-refractivity contribution in [2.45, 2.75) is 6.42 Å². The van der Waals surface area contributed by atoms with Crippen molar-refractivity contribution in [2.75, 3.05) is 36.8 Å². The van der Waals surface area contributed by atoms with Crippen LogP contribution in [0.2, 0.25) is 0 Å². The van der Waals surface area contributed by atoms with Crippen LogP contribution in [0.4, 0.5) is 11.4 Å². The van der Waals surface area contributed by atoms with E-state index in [9.17, 15) is 4.79 Å². The highest BCUT2D eigenvalue weighted by Crippen LogP contribution is 2.15. The molecule has 1 saturated heterocycles. The van der Waals surface area contributed by atoms with E-state index in [2.05, 4.69) is 10.00 Å². The van der Waals surface area contributed by atoms with E-state index in [-0.39, 0.29) is 5.91 Å². The van der Waals surface area contributed by atoms with Gasteiger partial charge in [-0.25, -0.2) is 0 Å². The maximum atomic E-state index is 12.4. The largest absolute Gasteiger partial charge is 0.399 e. The molecule has 1 aliphatic heterocycles. The molecule has 0 saturated carbocycles. The number of amides is 1. The van der Waals surface area contributed by atoms with Crippen LogP contribution in [-0.2, 0) is 18.3 Å². The molecule has 1 aliphatic rings. The summed E-state index contributed by atoms with van der Waals surface area (Å²) >= 11 is 0. The third-order valence-electron chi connectivity index (χ3n) is 4.02. The third kappa shape index (κ3) is 3.21. The van der Waals surface area contributed by atoms with Gasteiger partial charge in [0.15, 0.2) is 0 Å². The molecule has 2 N–H and O–H groups in total. The van der Waals surface area contributed by atoms with Gasteiger partial charge in [-0.2, -0.15) is 5.10 Å². The van der Waals surface area contributed by atoms with E-state index in [0.29, 0.717) is 6.42 Å². The average Bonchev–Trinajstić information content (AvgIpc) is 2.96. The Labute approximate surface area is 130 Å². The molecule has 2 aromatic rings. The predicted molar refractivity (Wildman–Crippen MR) is 86.6 cm³/mol. The zero-order valence-electron chi connectivity index (χ0n) is 12.8. The maximum Gasteiger partial charge on any atom is 0.227 e. The number of carbonyl (C=O) groups is 1. The number of rotatable bonds is 3. The predicted octanol–water partition coefficient (Wildman–Crippen LogP) is 0.894. The molecule has 116 valence electrons. The van der Waals surface area contributed by atoms with E-state index in [4.69, 9.17) is 5.73 Å². The molecule has 22 heavy (non-hydrogen) atoms. The fourth-order valence-electron chi connectivity index (χ4n) is 2.71. The second-order valence-corrected chi connectivity index (χ2v) is 5.66. The minimum Gasteiger partial charge on any atom is -0.399 e. The first kappa shape index (κ1) is 14.4. The standard InChI is InChI=1S/C16H21N5O/c1-19-12-15(11-18-19)20-6-8-21(9-7-20)16(22)10-13-2-4-14(17)5-3-13/h2-5,11-12H,6-10,17H2,1H3. The number of nitrogens with zero attached hydrogens (tertiary/aromatic N) is 4. The summed E-state index contributed by atoms with van der Waals surface area (Å²) in [6.07, 6.45) is 4.31. The van der Waals surface area contributed by atoms with Crippen molar-refractivity contribution in [1.29, 1.82) is 0 Å². The molecule has 0 spiro atoms. The van der Waals surface area contributed by atoms with E-state index in [1.54, 1.807) is 4.68 Å². The van der Waals surface area contributed by atoms with E-state index in [0.717, 1.165) is 43.1 Å². The number of hydrogen-bond donors (Lipinski definition) is 1. The first-order chi connectivity index (χ1) is 10.6. The molecule has 1 aromatic carbocycles. The molecule has 6 nitrogen and oxygen atoms in total. The number of aromatic nitrogens is 2. The van der Waals surface area contributed by atoms with Crippen LogP contribution in [0.25, 0.3) is 0 Å². The molecule has 0 atom stereocenters. The van der Waals surface area contributed by atoms with E-state index < -0.39 is 0 Å². The second-order valence-electron chi connectivity index (χ2n) is 5.66. The Kier molecular flexibility index (Phi) is 4.00. The summed E-state index contributed by atoms with van der Waals surface area (Å²) in [7, 11) is 1.91. The zero-order chi connectivity index (χ0) is 15.5. The number of carbonyl (C=O) groups excluding carboxylic acids is 1. The van der Waals surface area contributed by atoms with Gasteiger partial charge in [0.1, 0.15) is 0 Å². The van der Waals surface area contributed by atoms with E-state index in [1.807, 2.05) is 48.6 Å². The normalized spacial score (nSPS) is 15.1. The molecule has 0 unspecified atom stereocenters. The first-order valence-corrected chi connectivity index (χ1v) is 7.47. The Morgan fingerprint density at radius 2 is 1.86 bits per heavy atom. The van der Waals surface area contributed by atoms with Crippen LogP contribution in [-0.4, -0.2) is 46.8 Å². The quantitative estimate of drug-likeness (QED) is 0.855. The Bertz CT molecular complexity index is 641. The van der Waals surface area contributed by atoms with Crippen LogP contribution in [0.5, 0.6) is 0 Å². The Morgan fingerprint density at radius 3 is 2.45 bits per heavy atom. The van der Waals surface area contributed by atoms with Gasteiger partial charge in [-0.1, -0.05) is 12.1 Å². The van der Waals surface area contributed by atoms with E-state index in [1.165, 1.54) is 0 Å². The van der Waals surface area contributed by atoms with Crippen LogP contribution < -0.4 is 10.6 Å². The first-order valence-electron chi connectivity index (χ1n) is 7.47. The Balaban J connectivity index is 1.54. The summed E-state index contributed by atoms with van der Waals surface area (Å²) in [6, 6.07) is 7.50. The molecular weight excluding hydrogens is 278 g/mol. The van der Waals surface area contributed by atoms with Crippen LogP contribution >= 0.6 is 0 Å². The highest BCUT2D eigenvalue weighted by molar-refractivity contribution is 5.79. The molecule has 1 amide bonds.